The van der Waals surface area contributed by atoms with E-state index in [9.17, 15) is 18.4 Å². The van der Waals surface area contributed by atoms with Gasteiger partial charge < -0.3 is 21.1 Å². The molecule has 0 spiro atoms. The van der Waals surface area contributed by atoms with Crippen LogP contribution in [0.25, 0.3) is 0 Å². The molecule has 1 saturated carbocycles. The first-order valence-corrected chi connectivity index (χ1v) is 10.7. The molecule has 1 aliphatic carbocycles. The predicted octanol–water partition coefficient (Wildman–Crippen LogP) is 1.92. The highest BCUT2D eigenvalue weighted by atomic mass is 19.3. The van der Waals surface area contributed by atoms with Crippen LogP contribution in [0.5, 0.6) is 5.88 Å². The van der Waals surface area contributed by atoms with Crippen molar-refractivity contribution in [2.75, 3.05) is 7.11 Å². The summed E-state index contributed by atoms with van der Waals surface area (Å²) in [4.78, 5) is 34.0. The fourth-order valence-electron chi connectivity index (χ4n) is 3.70. The van der Waals surface area contributed by atoms with Gasteiger partial charge in [0.15, 0.2) is 0 Å². The Morgan fingerprint density at radius 3 is 2.76 bits per heavy atom. The molecule has 0 aromatic carbocycles. The molecule has 12 heteroatoms. The van der Waals surface area contributed by atoms with Crippen LogP contribution in [-0.2, 0) is 11.3 Å². The van der Waals surface area contributed by atoms with Crippen molar-refractivity contribution in [3.8, 4) is 5.88 Å². The van der Waals surface area contributed by atoms with Crippen molar-refractivity contribution < 1.29 is 23.1 Å². The second-order valence-electron chi connectivity index (χ2n) is 7.87. The number of amides is 2. The standard InChI is InChI=1S/C22H27F2N7O3/c1-34-21-15(3-2-9-27-21)12-26-13-16(11-25)29-20(33)18(14-4-7-22(23,24)8-5-14)30-19(32)17-6-10-28-31-17/h2-3,6,9-11,13-14,18H,4-5,7-8,12,25H2,1H3,(H,28,31)(H,29,33)(H,30,32)/b16-11+,26-13?. The van der Waals surface area contributed by atoms with E-state index in [1.807, 2.05) is 0 Å². The lowest BCUT2D eigenvalue weighted by molar-refractivity contribution is -0.125. The number of rotatable bonds is 9. The van der Waals surface area contributed by atoms with Crippen molar-refractivity contribution in [2.24, 2.45) is 16.6 Å². The highest BCUT2D eigenvalue weighted by Gasteiger charge is 2.40. The number of hydrogen-bond acceptors (Lipinski definition) is 7. The lowest BCUT2D eigenvalue weighted by Gasteiger charge is -2.33. The maximum absolute atomic E-state index is 13.7. The Kier molecular flexibility index (Phi) is 8.28. The van der Waals surface area contributed by atoms with Crippen LogP contribution < -0.4 is 21.1 Å². The number of allylic oxidation sites excluding steroid dienone is 1. The largest absolute Gasteiger partial charge is 0.481 e. The minimum atomic E-state index is -2.77. The number of alkyl halides is 2. The monoisotopic (exact) mass is 475 g/mol. The number of methoxy groups -OCH3 is 1. The minimum Gasteiger partial charge on any atom is -0.481 e. The van der Waals surface area contributed by atoms with Gasteiger partial charge in [0.05, 0.1) is 19.4 Å². The predicted molar refractivity (Wildman–Crippen MR) is 120 cm³/mol. The van der Waals surface area contributed by atoms with Gasteiger partial charge in [0.1, 0.15) is 11.7 Å². The molecule has 10 nitrogen and oxygen atoms in total. The van der Waals surface area contributed by atoms with Gasteiger partial charge in [-0.05, 0) is 30.9 Å². The zero-order chi connectivity index (χ0) is 24.6. The highest BCUT2D eigenvalue weighted by molar-refractivity contribution is 5.97. The number of nitrogens with two attached hydrogens (primary N) is 1. The molecule has 34 heavy (non-hydrogen) atoms. The van der Waals surface area contributed by atoms with Crippen LogP contribution in [-0.4, -0.2) is 52.3 Å². The fourth-order valence-corrected chi connectivity index (χ4v) is 3.70. The lowest BCUT2D eigenvalue weighted by atomic mass is 9.81. The van der Waals surface area contributed by atoms with E-state index < -0.39 is 29.7 Å². The van der Waals surface area contributed by atoms with Crippen molar-refractivity contribution in [3.63, 3.8) is 0 Å². The molecule has 2 amide bonds. The van der Waals surface area contributed by atoms with E-state index in [-0.39, 0.29) is 43.6 Å². The van der Waals surface area contributed by atoms with Crippen LogP contribution in [0.4, 0.5) is 8.78 Å². The van der Waals surface area contributed by atoms with Gasteiger partial charge in [-0.3, -0.25) is 19.7 Å². The number of aromatic amines is 1. The number of H-pyrrole nitrogens is 1. The van der Waals surface area contributed by atoms with Gasteiger partial charge >= 0.3 is 0 Å². The summed E-state index contributed by atoms with van der Waals surface area (Å²) >= 11 is 0. The van der Waals surface area contributed by atoms with Gasteiger partial charge in [0.2, 0.25) is 17.7 Å². The molecule has 1 unspecified atom stereocenters. The Morgan fingerprint density at radius 1 is 1.35 bits per heavy atom. The first kappa shape index (κ1) is 24.8. The molecular weight excluding hydrogens is 448 g/mol. The molecule has 3 rings (SSSR count). The topological polar surface area (TPSA) is 147 Å². The summed E-state index contributed by atoms with van der Waals surface area (Å²) in [7, 11) is 1.50. The SMILES string of the molecule is COc1ncccc1CN=C/C(=C\N)NC(=O)C(NC(=O)c1ccn[nH]1)C1CCC(F)(F)CC1. The summed E-state index contributed by atoms with van der Waals surface area (Å²) in [6.07, 6.45) is 4.99. The van der Waals surface area contributed by atoms with E-state index in [0.717, 1.165) is 11.8 Å². The average molecular weight is 476 g/mol. The molecule has 2 heterocycles. The van der Waals surface area contributed by atoms with Crippen molar-refractivity contribution >= 4 is 18.0 Å². The summed E-state index contributed by atoms with van der Waals surface area (Å²) in [5.74, 6) is -3.96. The number of pyridine rings is 1. The molecule has 1 aliphatic rings. The van der Waals surface area contributed by atoms with Crippen molar-refractivity contribution in [3.05, 3.63) is 53.7 Å². The third-order valence-electron chi connectivity index (χ3n) is 5.53. The van der Waals surface area contributed by atoms with Gasteiger partial charge in [0.25, 0.3) is 5.91 Å². The molecule has 2 aromatic rings. The quantitative estimate of drug-likeness (QED) is 0.408. The van der Waals surface area contributed by atoms with Crippen molar-refractivity contribution in [1.29, 1.82) is 0 Å². The number of ether oxygens (including phenoxy) is 1. The summed E-state index contributed by atoms with van der Waals surface area (Å²) in [5, 5.41) is 11.5. The Hall–Kier alpha value is -3.83. The summed E-state index contributed by atoms with van der Waals surface area (Å²) < 4.78 is 32.5. The molecule has 1 atom stereocenters. The summed E-state index contributed by atoms with van der Waals surface area (Å²) in [6, 6.07) is 3.95. The number of aromatic nitrogens is 3. The Morgan fingerprint density at radius 2 is 2.12 bits per heavy atom. The van der Waals surface area contributed by atoms with Crippen LogP contribution >= 0.6 is 0 Å². The molecule has 0 saturated heterocycles. The Balaban J connectivity index is 1.69. The lowest BCUT2D eigenvalue weighted by Crippen LogP contribution is -2.52. The molecule has 182 valence electrons. The first-order chi connectivity index (χ1) is 16.3. The van der Waals surface area contributed by atoms with Crippen molar-refractivity contribution in [2.45, 2.75) is 44.2 Å². The Bertz CT molecular complexity index is 1030. The number of hydrogen-bond donors (Lipinski definition) is 4. The van der Waals surface area contributed by atoms with E-state index >= 15 is 0 Å². The van der Waals surface area contributed by atoms with Crippen LogP contribution in [0, 0.1) is 5.92 Å². The van der Waals surface area contributed by atoms with Gasteiger partial charge in [-0.15, -0.1) is 0 Å². The van der Waals surface area contributed by atoms with Gasteiger partial charge in [-0.2, -0.15) is 5.10 Å². The number of carbonyl (C=O) groups excluding carboxylic acids is 2. The minimum absolute atomic E-state index is 0.0882. The van der Waals surface area contributed by atoms with Gasteiger partial charge in [-0.25, -0.2) is 13.8 Å². The normalized spacial score (nSPS) is 17.3. The number of halogens is 2. The maximum Gasteiger partial charge on any atom is 0.269 e. The van der Waals surface area contributed by atoms with Gasteiger partial charge in [0, 0.05) is 43.2 Å². The van der Waals surface area contributed by atoms with Crippen LogP contribution in [0.15, 0.2) is 47.5 Å². The first-order valence-electron chi connectivity index (χ1n) is 10.7. The van der Waals surface area contributed by atoms with Crippen LogP contribution in [0.1, 0.15) is 41.7 Å². The molecule has 0 aliphatic heterocycles. The third-order valence-corrected chi connectivity index (χ3v) is 5.53. The molecule has 0 radical (unpaired) electrons. The van der Waals surface area contributed by atoms with Gasteiger partial charge in [-0.1, -0.05) is 6.07 Å². The zero-order valence-electron chi connectivity index (χ0n) is 18.6. The number of nitrogens with zero attached hydrogens (tertiary/aromatic N) is 3. The summed E-state index contributed by atoms with van der Waals surface area (Å²) in [5.41, 5.74) is 6.72. The smallest absolute Gasteiger partial charge is 0.269 e. The fraction of sp³-hybridized carbons (Fsp3) is 0.409. The molecule has 1 fully saturated rings. The summed E-state index contributed by atoms with van der Waals surface area (Å²) in [6.45, 7) is 0.224. The number of carbonyl (C=O) groups is 2. The zero-order valence-corrected chi connectivity index (χ0v) is 18.6. The van der Waals surface area contributed by atoms with Crippen LogP contribution in [0.2, 0.25) is 0 Å². The van der Waals surface area contributed by atoms with E-state index in [4.69, 9.17) is 10.5 Å². The molecule has 0 bridgehead atoms. The van der Waals surface area contributed by atoms with Crippen LogP contribution in [0.3, 0.4) is 0 Å². The number of nitrogens with one attached hydrogen (secondary N) is 3. The van der Waals surface area contributed by atoms with Crippen molar-refractivity contribution in [1.82, 2.24) is 25.8 Å². The highest BCUT2D eigenvalue weighted by Crippen LogP contribution is 2.37. The maximum atomic E-state index is 13.7. The second kappa shape index (κ2) is 11.3. The van der Waals surface area contributed by atoms with E-state index in [2.05, 4.69) is 30.8 Å². The third kappa shape index (κ3) is 6.59. The van der Waals surface area contributed by atoms with E-state index in [0.29, 0.717) is 5.88 Å². The molecular formula is C22H27F2N7O3. The molecule has 5 N–H and O–H groups in total. The number of aliphatic imine (C=N–C) groups is 1. The molecule has 2 aromatic heterocycles. The second-order valence-corrected chi connectivity index (χ2v) is 7.87. The average Bonchev–Trinajstić information content (AvgIpc) is 3.37. The van der Waals surface area contributed by atoms with E-state index in [1.54, 1.807) is 18.3 Å². The Labute approximate surface area is 195 Å². The van der Waals surface area contributed by atoms with E-state index in [1.165, 1.54) is 25.6 Å².